The number of aromatic hydroxyl groups is 1. The van der Waals surface area contributed by atoms with Crippen molar-refractivity contribution in [1.82, 2.24) is 4.90 Å². The monoisotopic (exact) mass is 524 g/mol. The van der Waals surface area contributed by atoms with E-state index in [1.807, 2.05) is 0 Å². The van der Waals surface area contributed by atoms with Crippen LogP contribution in [-0.4, -0.2) is 81.9 Å². The van der Waals surface area contributed by atoms with Crippen molar-refractivity contribution in [2.75, 3.05) is 32.1 Å². The lowest BCUT2D eigenvalue weighted by molar-refractivity contribution is -0.145. The summed E-state index contributed by atoms with van der Waals surface area (Å²) in [6.45, 7) is 2.60. The minimum atomic E-state index is -2.75. The molecule has 38 heavy (non-hydrogen) atoms. The molecule has 202 valence electrons. The number of phenolic OH excluding ortho intramolecular Hbond substituents is 1. The Hall–Kier alpha value is -3.70. The number of nitrogens with zero attached hydrogens (tertiary/aromatic N) is 2. The molecule has 4 aliphatic rings. The van der Waals surface area contributed by atoms with E-state index in [0.717, 1.165) is 12.8 Å². The summed E-state index contributed by atoms with van der Waals surface area (Å²) < 4.78 is 0. The molecule has 1 fully saturated rings. The summed E-state index contributed by atoms with van der Waals surface area (Å²) in [6, 6.07) is 1.57. The molecule has 1 heterocycles. The molecule has 1 aromatic carbocycles. The highest BCUT2D eigenvalue weighted by molar-refractivity contribution is 6.25. The third kappa shape index (κ3) is 3.27. The Balaban J connectivity index is 1.71. The Labute approximate surface area is 219 Å². The van der Waals surface area contributed by atoms with Crippen molar-refractivity contribution < 1.29 is 34.5 Å². The molecule has 1 saturated heterocycles. The van der Waals surface area contributed by atoms with Crippen molar-refractivity contribution in [2.24, 2.45) is 17.4 Å². The third-order valence-corrected chi connectivity index (χ3v) is 8.56. The molecule has 11 heteroatoms. The number of anilines is 1. The number of aliphatic hydroxyl groups is 2. The number of hydrogen-bond acceptors (Lipinski definition) is 9. The number of aliphatic hydroxyl groups excluding tert-OH is 1. The van der Waals surface area contributed by atoms with E-state index in [2.05, 4.69) is 0 Å². The average molecular weight is 525 g/mol. The smallest absolute Gasteiger partial charge is 0.257 e. The first-order valence-electron chi connectivity index (χ1n) is 12.6. The first-order valence-corrected chi connectivity index (χ1v) is 12.6. The highest BCUT2D eigenvalue weighted by Gasteiger charge is 2.65. The first-order chi connectivity index (χ1) is 17.7. The van der Waals surface area contributed by atoms with Crippen molar-refractivity contribution in [3.05, 3.63) is 45.2 Å². The SMILES string of the molecule is CC1=C(C(N)=O)C(=O)[C@@]2(O)C(O)=C3C(=O)c4c(O)c(C(=O)N5CCCC5)cc(N(C)C)c4CC3C[C@@]2(N)C1. The van der Waals surface area contributed by atoms with Gasteiger partial charge in [0.1, 0.15) is 11.5 Å². The molecule has 1 unspecified atom stereocenters. The van der Waals surface area contributed by atoms with E-state index >= 15 is 0 Å². The fourth-order valence-electron chi connectivity index (χ4n) is 6.76. The van der Waals surface area contributed by atoms with Crippen LogP contribution in [0.15, 0.2) is 28.5 Å². The van der Waals surface area contributed by atoms with Crippen LogP contribution >= 0.6 is 0 Å². The number of hydrogen-bond donors (Lipinski definition) is 5. The number of nitrogens with two attached hydrogens (primary N) is 2. The lowest BCUT2D eigenvalue weighted by atomic mass is 9.55. The van der Waals surface area contributed by atoms with Crippen LogP contribution in [0.5, 0.6) is 5.75 Å². The zero-order chi connectivity index (χ0) is 27.9. The highest BCUT2D eigenvalue weighted by Crippen LogP contribution is 2.53. The van der Waals surface area contributed by atoms with Gasteiger partial charge in [-0.05, 0) is 56.6 Å². The van der Waals surface area contributed by atoms with Gasteiger partial charge in [0.05, 0.1) is 22.2 Å². The zero-order valence-electron chi connectivity index (χ0n) is 21.6. The van der Waals surface area contributed by atoms with Crippen LogP contribution in [0.1, 0.15) is 58.9 Å². The molecular formula is C27H32N4O7. The summed E-state index contributed by atoms with van der Waals surface area (Å²) in [5.74, 6) is -5.57. The van der Waals surface area contributed by atoms with Gasteiger partial charge in [-0.25, -0.2) is 0 Å². The van der Waals surface area contributed by atoms with E-state index < -0.39 is 57.5 Å². The third-order valence-electron chi connectivity index (χ3n) is 8.56. The second kappa shape index (κ2) is 8.40. The Morgan fingerprint density at radius 2 is 1.79 bits per heavy atom. The molecule has 0 saturated carbocycles. The van der Waals surface area contributed by atoms with Crippen LogP contribution < -0.4 is 16.4 Å². The minimum Gasteiger partial charge on any atom is -0.508 e. The molecule has 3 atom stereocenters. The van der Waals surface area contributed by atoms with Crippen LogP contribution in [-0.2, 0) is 16.0 Å². The largest absolute Gasteiger partial charge is 0.508 e. The van der Waals surface area contributed by atoms with Crippen molar-refractivity contribution in [3.8, 4) is 5.75 Å². The Morgan fingerprint density at radius 1 is 1.16 bits per heavy atom. The van der Waals surface area contributed by atoms with Crippen molar-refractivity contribution in [2.45, 2.75) is 50.2 Å². The van der Waals surface area contributed by atoms with Gasteiger partial charge < -0.3 is 36.6 Å². The standard InChI is InChI=1S/C27H32N4O7/c1-12-10-26(29)11-13-8-14-16(30(2)3)9-15(25(37)31-6-4-5-7-31)20(32)19(14)21(33)18(13)23(35)27(26,38)22(34)17(12)24(28)36/h9,13,32,35,38H,4-8,10-11,29H2,1-3H3,(H2,28,36)/t13?,26-,27+/m0/s1. The van der Waals surface area contributed by atoms with Gasteiger partial charge in [-0.15, -0.1) is 0 Å². The lowest BCUT2D eigenvalue weighted by Crippen LogP contribution is -2.71. The van der Waals surface area contributed by atoms with Crippen LogP contribution in [0, 0.1) is 5.92 Å². The maximum absolute atomic E-state index is 14.0. The first kappa shape index (κ1) is 25.9. The molecule has 0 bridgehead atoms. The number of allylic oxidation sites excluding steroid dienone is 1. The summed E-state index contributed by atoms with van der Waals surface area (Å²) in [5, 5.41) is 34.2. The Bertz CT molecular complexity index is 1390. The number of fused-ring (bicyclic) bond motifs is 3. The Kier molecular flexibility index (Phi) is 5.73. The van der Waals surface area contributed by atoms with Crippen LogP contribution in [0.3, 0.4) is 0 Å². The highest BCUT2D eigenvalue weighted by atomic mass is 16.3. The molecule has 3 aliphatic carbocycles. The van der Waals surface area contributed by atoms with Gasteiger partial charge in [0.25, 0.3) is 11.8 Å². The molecule has 0 radical (unpaired) electrons. The zero-order valence-corrected chi connectivity index (χ0v) is 21.6. The van der Waals surface area contributed by atoms with E-state index in [-0.39, 0.29) is 36.0 Å². The maximum atomic E-state index is 14.0. The van der Waals surface area contributed by atoms with E-state index in [1.165, 1.54) is 6.92 Å². The maximum Gasteiger partial charge on any atom is 0.257 e. The number of primary amides is 1. The Morgan fingerprint density at radius 3 is 2.37 bits per heavy atom. The van der Waals surface area contributed by atoms with Crippen molar-refractivity contribution >= 4 is 29.1 Å². The fraction of sp³-hybridized carbons (Fsp3) is 0.481. The number of benzene rings is 1. The number of Topliss-reactive ketones (excluding diaryl/α,β-unsaturated/α-hetero) is 2. The fourth-order valence-corrected chi connectivity index (χ4v) is 6.76. The molecular weight excluding hydrogens is 492 g/mol. The molecule has 0 aromatic heterocycles. The van der Waals surface area contributed by atoms with Crippen LogP contribution in [0.4, 0.5) is 5.69 Å². The van der Waals surface area contributed by atoms with Gasteiger partial charge in [0.15, 0.2) is 5.78 Å². The molecule has 2 amide bonds. The van der Waals surface area contributed by atoms with E-state index in [4.69, 9.17) is 11.5 Å². The number of carbonyl (C=O) groups excluding carboxylic acids is 4. The van der Waals surface area contributed by atoms with Gasteiger partial charge in [-0.3, -0.25) is 19.2 Å². The number of ketones is 2. The quantitative estimate of drug-likeness (QED) is 0.350. The number of likely N-dealkylation sites (tertiary alicyclic amines) is 1. The van der Waals surface area contributed by atoms with Crippen LogP contribution in [0.25, 0.3) is 0 Å². The number of phenols is 1. The molecule has 7 N–H and O–H groups in total. The number of carbonyl (C=O) groups is 4. The van der Waals surface area contributed by atoms with Crippen molar-refractivity contribution in [1.29, 1.82) is 0 Å². The molecule has 11 nitrogen and oxygen atoms in total. The average Bonchev–Trinajstić information content (AvgIpc) is 3.36. The second-order valence-corrected chi connectivity index (χ2v) is 11.1. The second-order valence-electron chi connectivity index (χ2n) is 11.1. The van der Waals surface area contributed by atoms with Gasteiger partial charge in [-0.2, -0.15) is 0 Å². The summed E-state index contributed by atoms with van der Waals surface area (Å²) in [6.07, 6.45) is 1.69. The predicted molar refractivity (Wildman–Crippen MR) is 137 cm³/mol. The summed E-state index contributed by atoms with van der Waals surface area (Å²) >= 11 is 0. The number of amides is 2. The molecule has 5 rings (SSSR count). The summed E-state index contributed by atoms with van der Waals surface area (Å²) in [4.78, 5) is 56.0. The van der Waals surface area contributed by atoms with Gasteiger partial charge in [-0.1, -0.05) is 5.57 Å². The molecule has 0 spiro atoms. The van der Waals surface area contributed by atoms with E-state index in [0.29, 0.717) is 29.9 Å². The van der Waals surface area contributed by atoms with Gasteiger partial charge in [0.2, 0.25) is 11.4 Å². The van der Waals surface area contributed by atoms with Crippen molar-refractivity contribution in [3.63, 3.8) is 0 Å². The topological polar surface area (TPSA) is 187 Å². The molecule has 1 aliphatic heterocycles. The van der Waals surface area contributed by atoms with E-state index in [9.17, 15) is 34.5 Å². The minimum absolute atomic E-state index is 0.0350. The van der Waals surface area contributed by atoms with Gasteiger partial charge >= 0.3 is 0 Å². The summed E-state index contributed by atoms with van der Waals surface area (Å²) in [5.41, 5.74) is 7.97. The molecule has 1 aromatic rings. The summed E-state index contributed by atoms with van der Waals surface area (Å²) in [7, 11) is 3.51. The van der Waals surface area contributed by atoms with Gasteiger partial charge in [0, 0.05) is 38.4 Å². The number of rotatable bonds is 3. The van der Waals surface area contributed by atoms with Crippen LogP contribution in [0.2, 0.25) is 0 Å². The normalized spacial score (nSPS) is 28.8. The lowest BCUT2D eigenvalue weighted by Gasteiger charge is -2.52. The van der Waals surface area contributed by atoms with E-state index in [1.54, 1.807) is 30.0 Å². The predicted octanol–water partition coefficient (Wildman–Crippen LogP) is 0.468.